The summed E-state index contributed by atoms with van der Waals surface area (Å²) in [6.45, 7) is 2.39. The van der Waals surface area contributed by atoms with E-state index in [9.17, 15) is 14.4 Å². The van der Waals surface area contributed by atoms with E-state index in [0.29, 0.717) is 30.8 Å². The lowest BCUT2D eigenvalue weighted by Gasteiger charge is -2.34. The van der Waals surface area contributed by atoms with Gasteiger partial charge in [0, 0.05) is 18.7 Å². The predicted molar refractivity (Wildman–Crippen MR) is 96.6 cm³/mol. The van der Waals surface area contributed by atoms with Gasteiger partial charge in [0.1, 0.15) is 6.04 Å². The van der Waals surface area contributed by atoms with E-state index in [1.807, 2.05) is 0 Å². The van der Waals surface area contributed by atoms with Crippen LogP contribution in [0.15, 0.2) is 30.5 Å². The summed E-state index contributed by atoms with van der Waals surface area (Å²) < 4.78 is 1.33. The predicted octanol–water partition coefficient (Wildman–Crippen LogP) is 1.70. The van der Waals surface area contributed by atoms with Gasteiger partial charge in [0.05, 0.1) is 11.9 Å². The van der Waals surface area contributed by atoms with Gasteiger partial charge in [-0.1, -0.05) is 18.2 Å². The van der Waals surface area contributed by atoms with E-state index in [-0.39, 0.29) is 17.5 Å². The molecule has 0 spiro atoms. The minimum atomic E-state index is -1.16. The van der Waals surface area contributed by atoms with E-state index in [0.717, 1.165) is 12.8 Å². The monoisotopic (exact) mass is 371 g/mol. The molecule has 0 saturated carbocycles. The highest BCUT2D eigenvalue weighted by Crippen LogP contribution is 2.21. The van der Waals surface area contributed by atoms with Crippen molar-refractivity contribution in [2.45, 2.75) is 38.6 Å². The van der Waals surface area contributed by atoms with Crippen molar-refractivity contribution in [1.29, 1.82) is 0 Å². The molecule has 9 heteroatoms. The fourth-order valence-corrected chi connectivity index (χ4v) is 3.15. The maximum atomic E-state index is 12.7. The normalized spacial score (nSPS) is 16.8. The highest BCUT2D eigenvalue weighted by molar-refractivity contribution is 5.97. The number of carbonyl (C=O) groups excluding carboxylic acids is 2. The zero-order chi connectivity index (χ0) is 19.4. The number of carboxylic acid groups (broad SMARTS) is 1. The Bertz CT molecular complexity index is 863. The average molecular weight is 371 g/mol. The van der Waals surface area contributed by atoms with Crippen LogP contribution in [0, 0.1) is 0 Å². The molecule has 1 fully saturated rings. The van der Waals surface area contributed by atoms with Crippen molar-refractivity contribution in [3.63, 3.8) is 0 Å². The van der Waals surface area contributed by atoms with Crippen molar-refractivity contribution >= 4 is 23.5 Å². The van der Waals surface area contributed by atoms with E-state index < -0.39 is 12.0 Å². The lowest BCUT2D eigenvalue weighted by Crippen LogP contribution is -2.49. The highest BCUT2D eigenvalue weighted by atomic mass is 16.4. The molecule has 2 N–H and O–H groups in total. The SMILES string of the molecule is CCC(=O)N1CCCCC1C(=O)Nc1cccc(-n2cc(C(=O)O)nn2)c1. The van der Waals surface area contributed by atoms with Crippen LogP contribution in [0.2, 0.25) is 0 Å². The standard InChI is InChI=1S/C18H21N5O4/c1-2-16(24)22-9-4-3-8-15(22)17(25)19-12-6-5-7-13(10-12)23-11-14(18(26)27)20-21-23/h5-7,10-11,15H,2-4,8-9H2,1H3,(H,19,25)(H,26,27). The van der Waals surface area contributed by atoms with Gasteiger partial charge in [0.2, 0.25) is 11.8 Å². The Morgan fingerprint density at radius 2 is 2.11 bits per heavy atom. The van der Waals surface area contributed by atoms with Gasteiger partial charge in [-0.2, -0.15) is 0 Å². The van der Waals surface area contributed by atoms with Crippen LogP contribution in [0.5, 0.6) is 0 Å². The van der Waals surface area contributed by atoms with Crippen LogP contribution in [0.1, 0.15) is 43.1 Å². The Labute approximate surface area is 156 Å². The van der Waals surface area contributed by atoms with Crippen LogP contribution in [0.4, 0.5) is 5.69 Å². The van der Waals surface area contributed by atoms with Gasteiger partial charge < -0.3 is 15.3 Å². The third-order valence-electron chi connectivity index (χ3n) is 4.52. The number of aromatic carboxylic acids is 1. The number of anilines is 1. The van der Waals surface area contributed by atoms with E-state index in [4.69, 9.17) is 5.11 Å². The molecule has 2 heterocycles. The molecule has 2 aromatic rings. The molecule has 1 aliphatic rings. The molecule has 1 aliphatic heterocycles. The van der Waals surface area contributed by atoms with Crippen molar-refractivity contribution in [2.24, 2.45) is 0 Å². The number of nitrogens with zero attached hydrogens (tertiary/aromatic N) is 4. The first kappa shape index (κ1) is 18.6. The third-order valence-corrected chi connectivity index (χ3v) is 4.52. The molecule has 1 aromatic heterocycles. The molecule has 0 aliphatic carbocycles. The number of carbonyl (C=O) groups is 3. The molecule has 3 rings (SSSR count). The van der Waals surface area contributed by atoms with Crippen LogP contribution in [0.3, 0.4) is 0 Å². The number of aromatic nitrogens is 3. The summed E-state index contributed by atoms with van der Waals surface area (Å²) in [6.07, 6.45) is 4.12. The number of likely N-dealkylation sites (tertiary alicyclic amines) is 1. The third kappa shape index (κ3) is 4.13. The van der Waals surface area contributed by atoms with E-state index in [2.05, 4.69) is 15.6 Å². The average Bonchev–Trinajstić information content (AvgIpc) is 3.18. The molecule has 1 unspecified atom stereocenters. The van der Waals surface area contributed by atoms with E-state index >= 15 is 0 Å². The minimum absolute atomic E-state index is 0.0209. The van der Waals surface area contributed by atoms with Gasteiger partial charge >= 0.3 is 5.97 Å². The zero-order valence-corrected chi connectivity index (χ0v) is 15.0. The van der Waals surface area contributed by atoms with Crippen molar-refractivity contribution in [2.75, 3.05) is 11.9 Å². The maximum absolute atomic E-state index is 12.7. The van der Waals surface area contributed by atoms with Gasteiger partial charge in [-0.25, -0.2) is 9.48 Å². The first-order valence-corrected chi connectivity index (χ1v) is 8.86. The van der Waals surface area contributed by atoms with Crippen LogP contribution in [0.25, 0.3) is 5.69 Å². The zero-order valence-electron chi connectivity index (χ0n) is 15.0. The highest BCUT2D eigenvalue weighted by Gasteiger charge is 2.31. The molecule has 2 amide bonds. The molecule has 0 bridgehead atoms. The summed E-state index contributed by atoms with van der Waals surface area (Å²) in [5.74, 6) is -1.41. The molecule has 142 valence electrons. The Kier molecular flexibility index (Phi) is 5.49. The van der Waals surface area contributed by atoms with E-state index in [1.165, 1.54) is 10.9 Å². The second-order valence-corrected chi connectivity index (χ2v) is 6.35. The summed E-state index contributed by atoms with van der Waals surface area (Å²) in [6, 6.07) is 6.38. The molecule has 1 atom stereocenters. The minimum Gasteiger partial charge on any atom is -0.476 e. The number of piperidine rings is 1. The quantitative estimate of drug-likeness (QED) is 0.826. The van der Waals surface area contributed by atoms with Crippen molar-refractivity contribution in [1.82, 2.24) is 19.9 Å². The molecule has 0 radical (unpaired) electrons. The van der Waals surface area contributed by atoms with E-state index in [1.54, 1.807) is 36.1 Å². The molecular weight excluding hydrogens is 350 g/mol. The summed E-state index contributed by atoms with van der Waals surface area (Å²) >= 11 is 0. The molecule has 1 aromatic carbocycles. The van der Waals surface area contributed by atoms with Crippen LogP contribution in [-0.2, 0) is 9.59 Å². The van der Waals surface area contributed by atoms with Crippen LogP contribution < -0.4 is 5.32 Å². The molecule has 27 heavy (non-hydrogen) atoms. The first-order valence-electron chi connectivity index (χ1n) is 8.86. The van der Waals surface area contributed by atoms with Gasteiger partial charge in [-0.15, -0.1) is 5.10 Å². The summed E-state index contributed by atoms with van der Waals surface area (Å²) in [5.41, 5.74) is 0.942. The van der Waals surface area contributed by atoms with Gasteiger partial charge in [-0.05, 0) is 37.5 Å². The lowest BCUT2D eigenvalue weighted by molar-refractivity contribution is -0.140. The Hall–Kier alpha value is -3.23. The lowest BCUT2D eigenvalue weighted by atomic mass is 10.0. The molecular formula is C18H21N5O4. The number of rotatable bonds is 5. The van der Waals surface area contributed by atoms with Crippen molar-refractivity contribution in [3.8, 4) is 5.69 Å². The van der Waals surface area contributed by atoms with Gasteiger partial charge in [0.15, 0.2) is 5.69 Å². The number of amides is 2. The van der Waals surface area contributed by atoms with Crippen LogP contribution >= 0.6 is 0 Å². The number of nitrogens with one attached hydrogen (secondary N) is 1. The summed E-state index contributed by atoms with van der Waals surface area (Å²) in [5, 5.41) is 19.2. The fourth-order valence-electron chi connectivity index (χ4n) is 3.15. The Morgan fingerprint density at radius 1 is 1.30 bits per heavy atom. The summed E-state index contributed by atoms with van der Waals surface area (Å²) in [7, 11) is 0. The Morgan fingerprint density at radius 3 is 2.81 bits per heavy atom. The smallest absolute Gasteiger partial charge is 0.358 e. The fraction of sp³-hybridized carbons (Fsp3) is 0.389. The van der Waals surface area contributed by atoms with Crippen molar-refractivity contribution in [3.05, 3.63) is 36.2 Å². The topological polar surface area (TPSA) is 117 Å². The Balaban J connectivity index is 1.76. The largest absolute Gasteiger partial charge is 0.476 e. The van der Waals surface area contributed by atoms with Gasteiger partial charge in [-0.3, -0.25) is 9.59 Å². The number of benzene rings is 1. The number of hydrogen-bond acceptors (Lipinski definition) is 5. The molecule has 1 saturated heterocycles. The van der Waals surface area contributed by atoms with Gasteiger partial charge in [0.25, 0.3) is 0 Å². The first-order chi connectivity index (χ1) is 13.0. The van der Waals surface area contributed by atoms with Crippen molar-refractivity contribution < 1.29 is 19.5 Å². The molecule has 9 nitrogen and oxygen atoms in total. The van der Waals surface area contributed by atoms with Crippen LogP contribution in [-0.4, -0.2) is 55.4 Å². The summed E-state index contributed by atoms with van der Waals surface area (Å²) in [4.78, 5) is 37.4. The number of carboxylic acids is 1. The maximum Gasteiger partial charge on any atom is 0.358 e. The second-order valence-electron chi connectivity index (χ2n) is 6.35. The number of hydrogen-bond donors (Lipinski definition) is 2. The second kappa shape index (κ2) is 7.98.